The number of likely N-dealkylation sites (tertiary alicyclic amines) is 1. The first-order chi connectivity index (χ1) is 12.7. The minimum atomic E-state index is -1.76. The van der Waals surface area contributed by atoms with Crippen LogP contribution in [0.25, 0.3) is 11.4 Å². The Bertz CT molecular complexity index is 1010. The molecule has 138 valence electrons. The summed E-state index contributed by atoms with van der Waals surface area (Å²) < 4.78 is 14.2. The minimum Gasteiger partial charge on any atom is -0.396 e. The van der Waals surface area contributed by atoms with Crippen LogP contribution in [0.4, 0.5) is 10.1 Å². The van der Waals surface area contributed by atoms with Crippen LogP contribution in [0.5, 0.6) is 0 Å². The minimum absolute atomic E-state index is 0.0197. The van der Waals surface area contributed by atoms with Crippen molar-refractivity contribution in [3.05, 3.63) is 41.5 Å². The average Bonchev–Trinajstić information content (AvgIpc) is 2.89. The monoisotopic (exact) mass is 369 g/mol. The number of aromatic nitrogens is 2. The second kappa shape index (κ2) is 6.66. The number of hydrogen-bond acceptors (Lipinski definition) is 6. The van der Waals surface area contributed by atoms with Crippen molar-refractivity contribution in [3.63, 3.8) is 0 Å². The highest BCUT2D eigenvalue weighted by molar-refractivity contribution is 5.96. The highest BCUT2D eigenvalue weighted by Gasteiger charge is 2.42. The number of likely N-dealkylation sites (N-methyl/N-ethyl adjacent to an activating group) is 1. The number of nitrogen functional groups attached to an aromatic ring is 1. The van der Waals surface area contributed by atoms with Gasteiger partial charge in [0.25, 0.3) is 11.8 Å². The van der Waals surface area contributed by atoms with E-state index in [9.17, 15) is 19.1 Å². The lowest BCUT2D eigenvalue weighted by atomic mass is 10.0. The first-order valence-corrected chi connectivity index (χ1v) is 7.94. The van der Waals surface area contributed by atoms with E-state index in [4.69, 9.17) is 11.5 Å². The summed E-state index contributed by atoms with van der Waals surface area (Å²) in [4.78, 5) is 32.6. The normalized spacial score (nSPS) is 18.9. The fourth-order valence-electron chi connectivity index (χ4n) is 2.64. The molecule has 0 aliphatic carbocycles. The summed E-state index contributed by atoms with van der Waals surface area (Å²) in [5.74, 6) is 3.15. The zero-order chi connectivity index (χ0) is 19.8. The van der Waals surface area contributed by atoms with Crippen LogP contribution in [0.2, 0.25) is 0 Å². The molecule has 2 heterocycles. The smallest absolute Gasteiger partial charge is 0.269 e. The zero-order valence-electron chi connectivity index (χ0n) is 14.4. The molecular formula is C18H16FN5O3. The molecule has 2 amide bonds. The molecule has 1 saturated heterocycles. The predicted octanol–water partition coefficient (Wildman–Crippen LogP) is -0.0915. The molecule has 8 nitrogen and oxygen atoms in total. The van der Waals surface area contributed by atoms with Crippen LogP contribution in [0.15, 0.2) is 24.4 Å². The van der Waals surface area contributed by atoms with Gasteiger partial charge in [-0.05, 0) is 18.2 Å². The SMILES string of the molecule is CN1CCC(O)(C#Cc2ccc(F)c(-c3ncc(N)c(C(N)=O)n3)c2)C1=O. The van der Waals surface area contributed by atoms with E-state index in [2.05, 4.69) is 21.8 Å². The van der Waals surface area contributed by atoms with E-state index in [1.165, 1.54) is 17.0 Å². The molecule has 5 N–H and O–H groups in total. The summed E-state index contributed by atoms with van der Waals surface area (Å²) in [7, 11) is 1.58. The van der Waals surface area contributed by atoms with Gasteiger partial charge in [0.15, 0.2) is 11.5 Å². The van der Waals surface area contributed by atoms with E-state index < -0.39 is 23.2 Å². The standard InChI is InChI=1S/C18H16FN5O3/c1-24-7-6-18(27,17(24)26)5-4-10-2-3-12(19)11(8-10)16-22-9-13(20)14(23-16)15(21)25/h2-3,8-9,27H,6-7,20H2,1H3,(H2,21,25). The molecular weight excluding hydrogens is 353 g/mol. The number of aliphatic hydroxyl groups is 1. The van der Waals surface area contributed by atoms with E-state index in [1.54, 1.807) is 7.05 Å². The van der Waals surface area contributed by atoms with Crippen LogP contribution < -0.4 is 11.5 Å². The zero-order valence-corrected chi connectivity index (χ0v) is 14.4. The Labute approximate surface area is 154 Å². The molecule has 0 radical (unpaired) electrons. The van der Waals surface area contributed by atoms with E-state index in [0.29, 0.717) is 12.1 Å². The summed E-state index contributed by atoms with van der Waals surface area (Å²) in [6.45, 7) is 0.397. The van der Waals surface area contributed by atoms with E-state index >= 15 is 0 Å². The molecule has 1 unspecified atom stereocenters. The van der Waals surface area contributed by atoms with Gasteiger partial charge < -0.3 is 21.5 Å². The van der Waals surface area contributed by atoms with Crippen LogP contribution >= 0.6 is 0 Å². The topological polar surface area (TPSA) is 135 Å². The number of primary amides is 1. The van der Waals surface area contributed by atoms with Crippen molar-refractivity contribution >= 4 is 17.5 Å². The third kappa shape index (κ3) is 3.43. The van der Waals surface area contributed by atoms with Crippen LogP contribution in [0.3, 0.4) is 0 Å². The number of hydrogen-bond donors (Lipinski definition) is 3. The largest absolute Gasteiger partial charge is 0.396 e. The lowest BCUT2D eigenvalue weighted by Gasteiger charge is -2.13. The Morgan fingerprint density at radius 2 is 2.19 bits per heavy atom. The van der Waals surface area contributed by atoms with Crippen molar-refractivity contribution < 1.29 is 19.1 Å². The number of amides is 2. The number of carbonyl (C=O) groups is 2. The van der Waals surface area contributed by atoms with Crippen molar-refractivity contribution in [2.75, 3.05) is 19.3 Å². The maximum absolute atomic E-state index is 14.2. The molecule has 9 heteroatoms. The summed E-state index contributed by atoms with van der Waals surface area (Å²) in [5, 5.41) is 10.3. The number of benzene rings is 1. The maximum atomic E-state index is 14.2. The summed E-state index contributed by atoms with van der Waals surface area (Å²) in [6, 6.07) is 3.89. The maximum Gasteiger partial charge on any atom is 0.269 e. The van der Waals surface area contributed by atoms with Gasteiger partial charge >= 0.3 is 0 Å². The van der Waals surface area contributed by atoms with Gasteiger partial charge in [0.05, 0.1) is 17.4 Å². The molecule has 0 saturated carbocycles. The van der Waals surface area contributed by atoms with Crippen molar-refractivity contribution in [1.29, 1.82) is 0 Å². The highest BCUT2D eigenvalue weighted by atomic mass is 19.1. The van der Waals surface area contributed by atoms with Gasteiger partial charge in [-0.25, -0.2) is 14.4 Å². The highest BCUT2D eigenvalue weighted by Crippen LogP contribution is 2.23. The van der Waals surface area contributed by atoms with Crippen molar-refractivity contribution in [1.82, 2.24) is 14.9 Å². The predicted molar refractivity (Wildman–Crippen MR) is 94.4 cm³/mol. The third-order valence-corrected chi connectivity index (χ3v) is 4.18. The third-order valence-electron chi connectivity index (χ3n) is 4.18. The number of halogens is 1. The Kier molecular flexibility index (Phi) is 4.51. The van der Waals surface area contributed by atoms with Crippen LogP contribution in [-0.4, -0.2) is 51.0 Å². The number of carbonyl (C=O) groups excluding carboxylic acids is 2. The number of nitrogens with zero attached hydrogens (tertiary/aromatic N) is 3. The molecule has 1 atom stereocenters. The molecule has 0 spiro atoms. The first-order valence-electron chi connectivity index (χ1n) is 7.94. The number of nitrogens with two attached hydrogens (primary N) is 2. The van der Waals surface area contributed by atoms with E-state index in [1.807, 2.05) is 0 Å². The van der Waals surface area contributed by atoms with Crippen molar-refractivity contribution in [3.8, 4) is 23.2 Å². The second-order valence-electron chi connectivity index (χ2n) is 6.14. The molecule has 1 aromatic carbocycles. The lowest BCUT2D eigenvalue weighted by molar-refractivity contribution is -0.137. The molecule has 1 aromatic heterocycles. The molecule has 3 rings (SSSR count). The van der Waals surface area contributed by atoms with Crippen LogP contribution in [-0.2, 0) is 4.79 Å². The Morgan fingerprint density at radius 3 is 2.81 bits per heavy atom. The molecule has 1 aliphatic rings. The van der Waals surface area contributed by atoms with Gasteiger partial charge in [-0.15, -0.1) is 0 Å². The van der Waals surface area contributed by atoms with Crippen molar-refractivity contribution in [2.45, 2.75) is 12.0 Å². The average molecular weight is 369 g/mol. The van der Waals surface area contributed by atoms with Gasteiger partial charge in [0.1, 0.15) is 5.82 Å². The molecule has 27 heavy (non-hydrogen) atoms. The fourth-order valence-corrected chi connectivity index (χ4v) is 2.64. The second-order valence-corrected chi connectivity index (χ2v) is 6.14. The summed E-state index contributed by atoms with van der Waals surface area (Å²) in [6.07, 6.45) is 1.35. The fraction of sp³-hybridized carbons (Fsp3) is 0.222. The van der Waals surface area contributed by atoms with Crippen molar-refractivity contribution in [2.24, 2.45) is 5.73 Å². The Hall–Kier alpha value is -3.51. The van der Waals surface area contributed by atoms with Crippen LogP contribution in [0.1, 0.15) is 22.5 Å². The van der Waals surface area contributed by atoms with Crippen LogP contribution in [0, 0.1) is 17.7 Å². The molecule has 0 bridgehead atoms. The summed E-state index contributed by atoms with van der Waals surface area (Å²) in [5.41, 5.74) is 9.10. The van der Waals surface area contributed by atoms with E-state index in [0.717, 1.165) is 12.3 Å². The first kappa shape index (κ1) is 18.3. The lowest BCUT2D eigenvalue weighted by Crippen LogP contribution is -2.37. The molecule has 1 fully saturated rings. The molecule has 1 aliphatic heterocycles. The van der Waals surface area contributed by atoms with Gasteiger partial charge in [-0.2, -0.15) is 0 Å². The van der Waals surface area contributed by atoms with Gasteiger partial charge in [0.2, 0.25) is 5.60 Å². The Morgan fingerprint density at radius 1 is 1.44 bits per heavy atom. The van der Waals surface area contributed by atoms with Gasteiger partial charge in [0, 0.05) is 25.6 Å². The molecule has 2 aromatic rings. The number of rotatable bonds is 2. The Balaban J connectivity index is 2.00. The quantitative estimate of drug-likeness (QED) is 0.633. The number of anilines is 1. The summed E-state index contributed by atoms with van der Waals surface area (Å²) >= 11 is 0. The van der Waals surface area contributed by atoms with E-state index in [-0.39, 0.29) is 29.2 Å². The van der Waals surface area contributed by atoms with Gasteiger partial charge in [-0.1, -0.05) is 11.8 Å². The van der Waals surface area contributed by atoms with Gasteiger partial charge in [-0.3, -0.25) is 9.59 Å².